The number of likely N-dealkylation sites (tertiary alicyclic amines) is 1. The van der Waals surface area contributed by atoms with Crippen molar-refractivity contribution >= 4 is 29.1 Å². The molecule has 0 unspecified atom stereocenters. The lowest BCUT2D eigenvalue weighted by molar-refractivity contribution is 0.0713. The number of anilines is 3. The lowest BCUT2D eigenvalue weighted by atomic mass is 9.96. The Kier molecular flexibility index (Phi) is 5.58. The van der Waals surface area contributed by atoms with Crippen LogP contribution in [0, 0.1) is 0 Å². The Morgan fingerprint density at radius 3 is 2.53 bits per heavy atom. The zero-order valence-corrected chi connectivity index (χ0v) is 20.3. The van der Waals surface area contributed by atoms with Crippen molar-refractivity contribution in [3.05, 3.63) is 59.7 Å². The number of nitrogens with zero attached hydrogens (tertiary/aromatic N) is 6. The largest absolute Gasteiger partial charge is 0.364 e. The summed E-state index contributed by atoms with van der Waals surface area (Å²) in [4.78, 5) is 38.8. The summed E-state index contributed by atoms with van der Waals surface area (Å²) in [6.45, 7) is 1.53. The maximum atomic E-state index is 13.4. The van der Waals surface area contributed by atoms with E-state index in [9.17, 15) is 9.59 Å². The van der Waals surface area contributed by atoms with Gasteiger partial charge in [0.2, 0.25) is 0 Å². The Labute approximate surface area is 209 Å². The van der Waals surface area contributed by atoms with Crippen molar-refractivity contribution in [2.75, 3.05) is 23.3 Å². The fourth-order valence-corrected chi connectivity index (χ4v) is 5.61. The van der Waals surface area contributed by atoms with Gasteiger partial charge in [-0.2, -0.15) is 5.10 Å². The van der Waals surface area contributed by atoms with Crippen LogP contribution in [0.5, 0.6) is 0 Å². The molecule has 3 aromatic rings. The maximum Gasteiger partial charge on any atom is 0.271 e. The molecule has 2 aromatic heterocycles. The minimum absolute atomic E-state index is 0.0778. The highest BCUT2D eigenvalue weighted by molar-refractivity contribution is 5.96. The molecule has 3 N–H and O–H groups in total. The van der Waals surface area contributed by atoms with Gasteiger partial charge in [0.1, 0.15) is 5.82 Å². The smallest absolute Gasteiger partial charge is 0.271 e. The molecule has 1 aliphatic carbocycles. The molecule has 2 saturated heterocycles. The summed E-state index contributed by atoms with van der Waals surface area (Å²) in [5.74, 6) is 1.10. The molecule has 1 saturated carbocycles. The maximum absolute atomic E-state index is 13.4. The third kappa shape index (κ3) is 4.16. The SMILES string of the molecule is Cn1cc(Nc2nc(N3CCC[C@@H]4[C@H]3CCN4C(=O)c3ccc(C4CC4)cc3)cnc2C(N)=O)cn1. The van der Waals surface area contributed by atoms with Crippen LogP contribution in [0.15, 0.2) is 42.9 Å². The van der Waals surface area contributed by atoms with Gasteiger partial charge < -0.3 is 20.9 Å². The van der Waals surface area contributed by atoms with E-state index in [0.29, 0.717) is 29.8 Å². The monoisotopic (exact) mass is 486 g/mol. The van der Waals surface area contributed by atoms with Crippen LogP contribution in [0.25, 0.3) is 0 Å². The van der Waals surface area contributed by atoms with Crippen molar-refractivity contribution in [2.45, 2.75) is 50.1 Å². The normalized spacial score (nSPS) is 21.4. The van der Waals surface area contributed by atoms with Gasteiger partial charge >= 0.3 is 0 Å². The van der Waals surface area contributed by atoms with Crippen molar-refractivity contribution in [1.82, 2.24) is 24.6 Å². The molecule has 36 heavy (non-hydrogen) atoms. The summed E-state index contributed by atoms with van der Waals surface area (Å²) >= 11 is 0. The summed E-state index contributed by atoms with van der Waals surface area (Å²) in [7, 11) is 1.81. The van der Waals surface area contributed by atoms with E-state index in [-0.39, 0.29) is 23.7 Å². The molecule has 3 fully saturated rings. The van der Waals surface area contributed by atoms with Gasteiger partial charge in [-0.1, -0.05) is 12.1 Å². The first-order chi connectivity index (χ1) is 17.5. The molecule has 2 amide bonds. The average molecular weight is 487 g/mol. The van der Waals surface area contributed by atoms with E-state index < -0.39 is 5.91 Å². The fraction of sp³-hybridized carbons (Fsp3) is 0.423. The topological polar surface area (TPSA) is 122 Å². The zero-order chi connectivity index (χ0) is 24.8. The third-order valence-corrected chi connectivity index (χ3v) is 7.53. The van der Waals surface area contributed by atoms with Gasteiger partial charge in [-0.25, -0.2) is 9.97 Å². The molecular weight excluding hydrogens is 456 g/mol. The molecule has 1 aromatic carbocycles. The Bertz CT molecular complexity index is 1300. The van der Waals surface area contributed by atoms with Crippen LogP contribution in [0.4, 0.5) is 17.3 Å². The first-order valence-corrected chi connectivity index (χ1v) is 12.6. The number of nitrogens with one attached hydrogen (secondary N) is 1. The number of piperidine rings is 1. The highest BCUT2D eigenvalue weighted by Crippen LogP contribution is 2.40. The highest BCUT2D eigenvalue weighted by Gasteiger charge is 2.43. The van der Waals surface area contributed by atoms with Gasteiger partial charge in [0, 0.05) is 31.9 Å². The summed E-state index contributed by atoms with van der Waals surface area (Å²) in [5.41, 5.74) is 8.42. The first kappa shape index (κ1) is 22.5. The molecule has 3 aliphatic rings. The molecule has 186 valence electrons. The van der Waals surface area contributed by atoms with Crippen molar-refractivity contribution in [3.8, 4) is 0 Å². The number of amides is 2. The molecule has 2 aliphatic heterocycles. The Balaban J connectivity index is 1.23. The Hall–Kier alpha value is -3.95. The number of fused-ring (bicyclic) bond motifs is 1. The molecule has 10 nitrogen and oxygen atoms in total. The van der Waals surface area contributed by atoms with Crippen LogP contribution in [0.2, 0.25) is 0 Å². The van der Waals surface area contributed by atoms with Crippen LogP contribution in [-0.4, -0.2) is 61.6 Å². The fourth-order valence-electron chi connectivity index (χ4n) is 5.61. The number of carbonyl (C=O) groups is 2. The van der Waals surface area contributed by atoms with Crippen molar-refractivity contribution in [2.24, 2.45) is 12.8 Å². The number of benzene rings is 1. The second kappa shape index (κ2) is 8.92. The second-order valence-electron chi connectivity index (χ2n) is 9.97. The van der Waals surface area contributed by atoms with E-state index in [1.54, 1.807) is 23.3 Å². The number of primary amides is 1. The molecule has 0 spiro atoms. The number of hydrogen-bond acceptors (Lipinski definition) is 7. The number of aryl methyl sites for hydroxylation is 1. The Morgan fingerprint density at radius 2 is 1.83 bits per heavy atom. The highest BCUT2D eigenvalue weighted by atomic mass is 16.2. The van der Waals surface area contributed by atoms with E-state index in [1.807, 2.05) is 24.1 Å². The molecular formula is C26H30N8O2. The first-order valence-electron chi connectivity index (χ1n) is 12.6. The van der Waals surface area contributed by atoms with Crippen LogP contribution >= 0.6 is 0 Å². The van der Waals surface area contributed by atoms with E-state index in [2.05, 4.69) is 32.4 Å². The minimum atomic E-state index is -0.651. The van der Waals surface area contributed by atoms with Gasteiger partial charge in [0.05, 0.1) is 30.2 Å². The van der Waals surface area contributed by atoms with Crippen molar-refractivity contribution in [3.63, 3.8) is 0 Å². The number of aromatic nitrogens is 4. The van der Waals surface area contributed by atoms with E-state index in [0.717, 1.165) is 31.4 Å². The standard InChI is InChI=1S/C26H30N8O2/c1-32-15-19(13-29-32)30-25-23(24(27)35)28-14-22(31-25)33-11-2-3-20-21(33)10-12-34(20)26(36)18-8-6-17(7-9-18)16-4-5-16/h6-9,13-16,20-21H,2-5,10-12H2,1H3,(H2,27,35)(H,30,31)/t20-,21-/m1/s1. The third-order valence-electron chi connectivity index (χ3n) is 7.53. The van der Waals surface area contributed by atoms with E-state index in [1.165, 1.54) is 18.4 Å². The number of nitrogens with two attached hydrogens (primary N) is 1. The summed E-state index contributed by atoms with van der Waals surface area (Å²) in [6.07, 6.45) is 10.3. The van der Waals surface area contributed by atoms with E-state index >= 15 is 0 Å². The molecule has 10 heteroatoms. The van der Waals surface area contributed by atoms with Crippen LogP contribution in [0.3, 0.4) is 0 Å². The number of rotatable bonds is 6. The molecule has 6 rings (SSSR count). The molecule has 2 atom stereocenters. The average Bonchev–Trinajstić information content (AvgIpc) is 3.52. The summed E-state index contributed by atoms with van der Waals surface area (Å²) < 4.78 is 1.66. The second-order valence-corrected chi connectivity index (χ2v) is 9.97. The molecule has 4 heterocycles. The van der Waals surface area contributed by atoms with Crippen molar-refractivity contribution in [1.29, 1.82) is 0 Å². The van der Waals surface area contributed by atoms with Gasteiger partial charge in [0.15, 0.2) is 11.5 Å². The Morgan fingerprint density at radius 1 is 1.03 bits per heavy atom. The van der Waals surface area contributed by atoms with Crippen LogP contribution in [0.1, 0.15) is 64.4 Å². The molecule has 0 bridgehead atoms. The predicted molar refractivity (Wildman–Crippen MR) is 135 cm³/mol. The lowest BCUT2D eigenvalue weighted by Crippen LogP contribution is -2.51. The molecule has 0 radical (unpaired) electrons. The number of hydrogen-bond donors (Lipinski definition) is 2. The number of carbonyl (C=O) groups excluding carboxylic acids is 2. The summed E-state index contributed by atoms with van der Waals surface area (Å²) in [6, 6.07) is 8.44. The van der Waals surface area contributed by atoms with Crippen LogP contribution in [-0.2, 0) is 7.05 Å². The minimum Gasteiger partial charge on any atom is -0.364 e. The zero-order valence-electron chi connectivity index (χ0n) is 20.3. The van der Waals surface area contributed by atoms with Gasteiger partial charge in [0.25, 0.3) is 11.8 Å². The van der Waals surface area contributed by atoms with Gasteiger partial charge in [-0.15, -0.1) is 0 Å². The van der Waals surface area contributed by atoms with Gasteiger partial charge in [-0.3, -0.25) is 14.3 Å². The summed E-state index contributed by atoms with van der Waals surface area (Å²) in [5, 5.41) is 7.28. The van der Waals surface area contributed by atoms with Gasteiger partial charge in [-0.05, 0) is 55.7 Å². The quantitative estimate of drug-likeness (QED) is 0.549. The van der Waals surface area contributed by atoms with Crippen molar-refractivity contribution < 1.29 is 9.59 Å². The van der Waals surface area contributed by atoms with Crippen LogP contribution < -0.4 is 16.0 Å². The lowest BCUT2D eigenvalue weighted by Gasteiger charge is -2.40. The van der Waals surface area contributed by atoms with E-state index in [4.69, 9.17) is 10.7 Å². The predicted octanol–water partition coefficient (Wildman–Crippen LogP) is 2.81.